The Kier molecular flexibility index (Phi) is 7.51. The van der Waals surface area contributed by atoms with Gasteiger partial charge in [-0.15, -0.1) is 0 Å². The van der Waals surface area contributed by atoms with E-state index in [0.29, 0.717) is 17.3 Å². The Balaban J connectivity index is 1.43. The predicted octanol–water partition coefficient (Wildman–Crippen LogP) is 5.79. The molecule has 0 unspecified atom stereocenters. The average Bonchev–Trinajstić information content (AvgIpc) is 3.17. The minimum atomic E-state index is -1.17. The van der Waals surface area contributed by atoms with E-state index in [1.807, 2.05) is 43.3 Å². The minimum Gasteiger partial charge on any atom is -0.478 e. The SMILES string of the molecule is CCC[C@H](NC(=O)OCC1c2ccccc2-c2ccccc21)C(=O)Nc1ccc(Br)cc1C(=O)O. The van der Waals surface area contributed by atoms with Gasteiger partial charge in [-0.05, 0) is 46.9 Å². The van der Waals surface area contributed by atoms with Crippen molar-refractivity contribution in [1.82, 2.24) is 5.32 Å². The van der Waals surface area contributed by atoms with Gasteiger partial charge in [-0.1, -0.05) is 77.8 Å². The summed E-state index contributed by atoms with van der Waals surface area (Å²) in [5, 5.41) is 14.7. The largest absolute Gasteiger partial charge is 0.478 e. The molecule has 0 aliphatic heterocycles. The fraction of sp³-hybridized carbons (Fsp3) is 0.222. The number of hydrogen-bond donors (Lipinski definition) is 3. The maximum absolute atomic E-state index is 12.9. The van der Waals surface area contributed by atoms with E-state index in [1.165, 1.54) is 12.1 Å². The minimum absolute atomic E-state index is 0.0517. The highest BCUT2D eigenvalue weighted by Gasteiger charge is 2.30. The summed E-state index contributed by atoms with van der Waals surface area (Å²) in [5.41, 5.74) is 4.56. The van der Waals surface area contributed by atoms with Gasteiger partial charge in [0.15, 0.2) is 0 Å². The highest BCUT2D eigenvalue weighted by molar-refractivity contribution is 9.10. The second-order valence-electron chi connectivity index (χ2n) is 8.30. The first-order chi connectivity index (χ1) is 16.9. The number of carbonyl (C=O) groups excluding carboxylic acids is 2. The van der Waals surface area contributed by atoms with E-state index < -0.39 is 24.0 Å². The van der Waals surface area contributed by atoms with Gasteiger partial charge in [0.05, 0.1) is 11.3 Å². The van der Waals surface area contributed by atoms with Gasteiger partial charge in [0, 0.05) is 10.4 Å². The number of anilines is 1. The van der Waals surface area contributed by atoms with Gasteiger partial charge in [-0.2, -0.15) is 0 Å². The number of amides is 2. The molecule has 180 valence electrons. The standard InChI is InChI=1S/C27H25BrN2O5/c1-2-7-24(25(31)29-23-13-12-16(28)14-21(23)26(32)33)30-27(34)35-15-22-19-10-5-3-8-17(19)18-9-4-6-11-20(18)22/h3-6,8-14,22,24H,2,7,15H2,1H3,(H,29,31)(H,30,34)(H,32,33)/t24-/m0/s1. The van der Waals surface area contributed by atoms with E-state index in [2.05, 4.69) is 38.7 Å². The number of rotatable bonds is 8. The van der Waals surface area contributed by atoms with Crippen LogP contribution in [0.2, 0.25) is 0 Å². The van der Waals surface area contributed by atoms with Gasteiger partial charge in [0.25, 0.3) is 0 Å². The zero-order valence-corrected chi connectivity index (χ0v) is 20.7. The molecule has 1 atom stereocenters. The zero-order valence-electron chi connectivity index (χ0n) is 19.1. The van der Waals surface area contributed by atoms with Crippen molar-refractivity contribution in [3.8, 4) is 11.1 Å². The smallest absolute Gasteiger partial charge is 0.407 e. The first kappa shape index (κ1) is 24.5. The molecule has 4 rings (SSSR count). The maximum Gasteiger partial charge on any atom is 0.407 e. The van der Waals surface area contributed by atoms with Crippen LogP contribution >= 0.6 is 15.9 Å². The average molecular weight is 537 g/mol. The molecule has 0 fully saturated rings. The molecule has 0 bridgehead atoms. The zero-order chi connectivity index (χ0) is 24.9. The number of alkyl carbamates (subject to hydrolysis) is 1. The molecule has 0 saturated carbocycles. The lowest BCUT2D eigenvalue weighted by atomic mass is 9.98. The van der Waals surface area contributed by atoms with Crippen LogP contribution in [0.25, 0.3) is 11.1 Å². The van der Waals surface area contributed by atoms with Crippen molar-refractivity contribution in [2.75, 3.05) is 11.9 Å². The van der Waals surface area contributed by atoms with E-state index >= 15 is 0 Å². The van der Waals surface area contributed by atoms with E-state index in [0.717, 1.165) is 22.3 Å². The molecule has 0 saturated heterocycles. The number of carboxylic acid groups (broad SMARTS) is 1. The molecule has 7 nitrogen and oxygen atoms in total. The lowest BCUT2D eigenvalue weighted by molar-refractivity contribution is -0.118. The van der Waals surface area contributed by atoms with Gasteiger partial charge < -0.3 is 20.5 Å². The fourth-order valence-electron chi connectivity index (χ4n) is 4.36. The van der Waals surface area contributed by atoms with Gasteiger partial charge in [-0.25, -0.2) is 9.59 Å². The number of hydrogen-bond acceptors (Lipinski definition) is 4. The summed E-state index contributed by atoms with van der Waals surface area (Å²) in [6.07, 6.45) is 0.303. The van der Waals surface area contributed by atoms with Crippen LogP contribution in [-0.2, 0) is 9.53 Å². The number of carbonyl (C=O) groups is 3. The third-order valence-electron chi connectivity index (χ3n) is 6.00. The Bertz CT molecular complexity index is 1230. The van der Waals surface area contributed by atoms with Gasteiger partial charge in [0.2, 0.25) is 5.91 Å². The Morgan fingerprint density at radius 1 is 1.00 bits per heavy atom. The van der Waals surface area contributed by atoms with Crippen LogP contribution in [0.5, 0.6) is 0 Å². The van der Waals surface area contributed by atoms with Crippen LogP contribution in [-0.4, -0.2) is 35.7 Å². The first-order valence-corrected chi connectivity index (χ1v) is 12.1. The lowest BCUT2D eigenvalue weighted by Gasteiger charge is -2.20. The summed E-state index contributed by atoms with van der Waals surface area (Å²) in [6.45, 7) is 2.03. The molecule has 0 radical (unpaired) electrons. The molecule has 1 aliphatic rings. The number of aromatic carboxylic acids is 1. The van der Waals surface area contributed by atoms with Gasteiger partial charge in [0.1, 0.15) is 12.6 Å². The summed E-state index contributed by atoms with van der Waals surface area (Å²) >= 11 is 3.23. The molecule has 3 aromatic carbocycles. The van der Waals surface area contributed by atoms with Crippen molar-refractivity contribution in [2.24, 2.45) is 0 Å². The third kappa shape index (κ3) is 5.38. The van der Waals surface area contributed by atoms with Crippen molar-refractivity contribution >= 4 is 39.6 Å². The van der Waals surface area contributed by atoms with Crippen LogP contribution in [0.1, 0.15) is 47.2 Å². The molecular formula is C27H25BrN2O5. The van der Waals surface area contributed by atoms with E-state index in [-0.39, 0.29) is 23.8 Å². The highest BCUT2D eigenvalue weighted by Crippen LogP contribution is 2.44. The van der Waals surface area contributed by atoms with Crippen LogP contribution in [0.3, 0.4) is 0 Å². The number of nitrogens with one attached hydrogen (secondary N) is 2. The van der Waals surface area contributed by atoms with E-state index in [1.54, 1.807) is 6.07 Å². The molecule has 8 heteroatoms. The van der Waals surface area contributed by atoms with Crippen molar-refractivity contribution in [2.45, 2.75) is 31.7 Å². The number of carboxylic acids is 1. The first-order valence-electron chi connectivity index (χ1n) is 11.3. The maximum atomic E-state index is 12.9. The molecule has 2 amide bonds. The van der Waals surface area contributed by atoms with Gasteiger partial charge in [-0.3, -0.25) is 4.79 Å². The normalized spacial score (nSPS) is 12.9. The molecule has 1 aliphatic carbocycles. The third-order valence-corrected chi connectivity index (χ3v) is 6.49. The molecule has 35 heavy (non-hydrogen) atoms. The molecule has 0 spiro atoms. The van der Waals surface area contributed by atoms with Crippen LogP contribution in [0.15, 0.2) is 71.2 Å². The number of ether oxygens (including phenoxy) is 1. The predicted molar refractivity (Wildman–Crippen MR) is 137 cm³/mol. The van der Waals surface area contributed by atoms with E-state index in [4.69, 9.17) is 4.74 Å². The van der Waals surface area contributed by atoms with Crippen molar-refractivity contribution < 1.29 is 24.2 Å². The number of halogens is 1. The summed E-state index contributed by atoms with van der Waals surface area (Å²) in [6, 6.07) is 19.8. The molecular weight excluding hydrogens is 512 g/mol. The quantitative estimate of drug-likeness (QED) is 0.337. The van der Waals surface area contributed by atoms with Gasteiger partial charge >= 0.3 is 12.1 Å². The Hall–Kier alpha value is -3.65. The molecule has 3 aromatic rings. The highest BCUT2D eigenvalue weighted by atomic mass is 79.9. The molecule has 0 heterocycles. The Morgan fingerprint density at radius 3 is 2.23 bits per heavy atom. The number of benzene rings is 3. The van der Waals surface area contributed by atoms with E-state index in [9.17, 15) is 19.5 Å². The summed E-state index contributed by atoms with van der Waals surface area (Å²) < 4.78 is 6.14. The van der Waals surface area contributed by atoms with Crippen molar-refractivity contribution in [3.63, 3.8) is 0 Å². The molecule has 3 N–H and O–H groups in total. The second-order valence-corrected chi connectivity index (χ2v) is 9.21. The number of fused-ring (bicyclic) bond motifs is 3. The molecule has 0 aromatic heterocycles. The monoisotopic (exact) mass is 536 g/mol. The second kappa shape index (κ2) is 10.7. The summed E-state index contributed by atoms with van der Waals surface area (Å²) in [7, 11) is 0. The van der Waals surface area contributed by atoms with Crippen molar-refractivity contribution in [3.05, 3.63) is 87.9 Å². The Labute approximate surface area is 211 Å². The van der Waals surface area contributed by atoms with Crippen LogP contribution in [0.4, 0.5) is 10.5 Å². The topological polar surface area (TPSA) is 105 Å². The van der Waals surface area contributed by atoms with Crippen LogP contribution < -0.4 is 10.6 Å². The van der Waals surface area contributed by atoms with Crippen molar-refractivity contribution in [1.29, 1.82) is 0 Å². The summed E-state index contributed by atoms with van der Waals surface area (Å²) in [5.74, 6) is -1.77. The van der Waals surface area contributed by atoms with Crippen LogP contribution in [0, 0.1) is 0 Å². The lowest BCUT2D eigenvalue weighted by Crippen LogP contribution is -2.44. The summed E-state index contributed by atoms with van der Waals surface area (Å²) in [4.78, 5) is 37.1. The fourth-order valence-corrected chi connectivity index (χ4v) is 4.72. The Morgan fingerprint density at radius 2 is 1.63 bits per heavy atom.